The van der Waals surface area contributed by atoms with E-state index in [-0.39, 0.29) is 6.07 Å². The van der Waals surface area contributed by atoms with Crippen molar-refractivity contribution in [2.75, 3.05) is 0 Å². The predicted octanol–water partition coefficient (Wildman–Crippen LogP) is 3.20. The van der Waals surface area contributed by atoms with Crippen LogP contribution in [0.1, 0.15) is 11.3 Å². The standard InChI is InChI=1S/C9H3F7N2O/c10-7-6(19-9(14,15)16)5(8(11,12)13)3-4(18-7)1-2-17/h3H,1H2. The predicted molar refractivity (Wildman–Crippen MR) is 45.2 cm³/mol. The first kappa shape index (κ1) is 15.0. The SMILES string of the molecule is N#CCc1cc(C(F)(F)F)c(OC(F)(F)F)c(F)n1. The van der Waals surface area contributed by atoms with Crippen molar-refractivity contribution in [3.8, 4) is 11.8 Å². The molecule has 0 atom stereocenters. The van der Waals surface area contributed by atoms with Gasteiger partial charge in [-0.1, -0.05) is 0 Å². The zero-order chi connectivity index (χ0) is 14.8. The fourth-order valence-electron chi connectivity index (χ4n) is 1.15. The number of nitrogens with zero attached hydrogens (tertiary/aromatic N) is 2. The van der Waals surface area contributed by atoms with E-state index in [0.29, 0.717) is 0 Å². The molecule has 0 spiro atoms. The lowest BCUT2D eigenvalue weighted by atomic mass is 10.1. The molecule has 104 valence electrons. The van der Waals surface area contributed by atoms with Crippen LogP contribution in [0.2, 0.25) is 0 Å². The summed E-state index contributed by atoms with van der Waals surface area (Å²) in [6, 6.07) is 1.53. The topological polar surface area (TPSA) is 45.9 Å². The molecule has 0 unspecified atom stereocenters. The molecule has 0 aliphatic rings. The van der Waals surface area contributed by atoms with Crippen molar-refractivity contribution in [1.29, 1.82) is 5.26 Å². The Bertz CT molecular complexity index is 515. The highest BCUT2D eigenvalue weighted by molar-refractivity contribution is 5.37. The van der Waals surface area contributed by atoms with E-state index in [1.54, 1.807) is 0 Å². The summed E-state index contributed by atoms with van der Waals surface area (Å²) in [5.74, 6) is -4.15. The van der Waals surface area contributed by atoms with E-state index in [9.17, 15) is 30.7 Å². The zero-order valence-corrected chi connectivity index (χ0v) is 8.73. The van der Waals surface area contributed by atoms with E-state index in [1.165, 1.54) is 6.07 Å². The minimum Gasteiger partial charge on any atom is -0.400 e. The zero-order valence-electron chi connectivity index (χ0n) is 8.73. The molecule has 1 heterocycles. The number of hydrogen-bond acceptors (Lipinski definition) is 3. The lowest BCUT2D eigenvalue weighted by Gasteiger charge is -2.16. The second kappa shape index (κ2) is 4.91. The smallest absolute Gasteiger partial charge is 0.400 e. The van der Waals surface area contributed by atoms with Gasteiger partial charge in [-0.2, -0.15) is 22.8 Å². The first-order valence-electron chi connectivity index (χ1n) is 4.44. The Balaban J connectivity index is 3.40. The summed E-state index contributed by atoms with van der Waals surface area (Å²) in [5.41, 5.74) is -2.63. The number of hydrogen-bond donors (Lipinski definition) is 0. The third-order valence-corrected chi connectivity index (χ3v) is 1.77. The van der Waals surface area contributed by atoms with Crippen molar-refractivity contribution in [2.45, 2.75) is 19.0 Å². The normalized spacial score (nSPS) is 12.1. The van der Waals surface area contributed by atoms with Gasteiger partial charge >= 0.3 is 12.5 Å². The highest BCUT2D eigenvalue weighted by Crippen LogP contribution is 2.39. The number of ether oxygens (including phenoxy) is 1. The van der Waals surface area contributed by atoms with Crippen molar-refractivity contribution >= 4 is 0 Å². The second-order valence-electron chi connectivity index (χ2n) is 3.16. The van der Waals surface area contributed by atoms with Crippen molar-refractivity contribution in [2.24, 2.45) is 0 Å². The van der Waals surface area contributed by atoms with Crippen molar-refractivity contribution in [1.82, 2.24) is 4.98 Å². The first-order valence-corrected chi connectivity index (χ1v) is 4.44. The van der Waals surface area contributed by atoms with Gasteiger partial charge in [-0.3, -0.25) is 0 Å². The average molecular weight is 288 g/mol. The van der Waals surface area contributed by atoms with Gasteiger partial charge in [0.25, 0.3) is 5.95 Å². The molecule has 0 saturated carbocycles. The molecule has 1 aromatic heterocycles. The fraction of sp³-hybridized carbons (Fsp3) is 0.333. The summed E-state index contributed by atoms with van der Waals surface area (Å²) in [4.78, 5) is 2.81. The molecular weight excluding hydrogens is 285 g/mol. The quantitative estimate of drug-likeness (QED) is 0.620. The molecule has 0 saturated heterocycles. The van der Waals surface area contributed by atoms with Crippen LogP contribution in [-0.2, 0) is 12.6 Å². The van der Waals surface area contributed by atoms with Crippen LogP contribution in [0.5, 0.6) is 5.75 Å². The Morgan fingerprint density at radius 3 is 2.21 bits per heavy atom. The van der Waals surface area contributed by atoms with E-state index in [0.717, 1.165) is 0 Å². The molecule has 0 fully saturated rings. The summed E-state index contributed by atoms with van der Waals surface area (Å²) in [7, 11) is 0. The molecule has 0 amide bonds. The second-order valence-corrected chi connectivity index (χ2v) is 3.16. The molecule has 3 nitrogen and oxygen atoms in total. The monoisotopic (exact) mass is 288 g/mol. The summed E-state index contributed by atoms with van der Waals surface area (Å²) in [5, 5.41) is 8.26. The molecule has 0 bridgehead atoms. The van der Waals surface area contributed by atoms with Gasteiger partial charge in [-0.05, 0) is 6.07 Å². The summed E-state index contributed by atoms with van der Waals surface area (Å²) in [6.45, 7) is 0. The number of pyridine rings is 1. The minimum absolute atomic E-state index is 0.132. The van der Waals surface area contributed by atoms with Gasteiger partial charge < -0.3 is 4.74 Å². The third-order valence-electron chi connectivity index (χ3n) is 1.77. The maximum atomic E-state index is 13.1. The Hall–Kier alpha value is -2.05. The van der Waals surface area contributed by atoms with Crippen LogP contribution < -0.4 is 4.74 Å². The number of aromatic nitrogens is 1. The number of rotatable bonds is 2. The largest absolute Gasteiger partial charge is 0.573 e. The minimum atomic E-state index is -5.50. The van der Waals surface area contributed by atoms with E-state index in [2.05, 4.69) is 9.72 Å². The molecule has 1 aromatic rings. The molecule has 1 rings (SSSR count). The maximum Gasteiger partial charge on any atom is 0.573 e. The average Bonchev–Trinajstić information content (AvgIpc) is 2.18. The van der Waals surface area contributed by atoms with Gasteiger partial charge in [-0.25, -0.2) is 4.98 Å². The Labute approximate surface area is 101 Å². The molecule has 0 aromatic carbocycles. The lowest BCUT2D eigenvalue weighted by molar-refractivity contribution is -0.277. The van der Waals surface area contributed by atoms with E-state index >= 15 is 0 Å². The van der Waals surface area contributed by atoms with Gasteiger partial charge in [-0.15, -0.1) is 13.2 Å². The van der Waals surface area contributed by atoms with Crippen LogP contribution in [-0.4, -0.2) is 11.3 Å². The summed E-state index contributed by atoms with van der Waals surface area (Å²) in [6.07, 6.45) is -11.5. The molecule has 0 aliphatic carbocycles. The van der Waals surface area contributed by atoms with Crippen LogP contribution in [0.25, 0.3) is 0 Å². The number of nitriles is 1. The highest BCUT2D eigenvalue weighted by Gasteiger charge is 2.42. The van der Waals surface area contributed by atoms with Gasteiger partial charge in [0.05, 0.1) is 18.2 Å². The fourth-order valence-corrected chi connectivity index (χ4v) is 1.15. The molecule has 10 heteroatoms. The van der Waals surface area contributed by atoms with Crippen LogP contribution in [0.4, 0.5) is 30.7 Å². The van der Waals surface area contributed by atoms with E-state index < -0.39 is 41.9 Å². The molecule has 0 radical (unpaired) electrons. The van der Waals surface area contributed by atoms with Crippen molar-refractivity contribution < 1.29 is 35.5 Å². The van der Waals surface area contributed by atoms with Gasteiger partial charge in [0.1, 0.15) is 5.56 Å². The van der Waals surface area contributed by atoms with Gasteiger partial charge in [0.2, 0.25) is 0 Å². The Kier molecular flexibility index (Phi) is 3.88. The molecule has 0 N–H and O–H groups in total. The highest BCUT2D eigenvalue weighted by atomic mass is 19.4. The van der Waals surface area contributed by atoms with Crippen LogP contribution in [0, 0.1) is 17.3 Å². The maximum absolute atomic E-state index is 13.1. The van der Waals surface area contributed by atoms with Crippen LogP contribution in [0.3, 0.4) is 0 Å². The lowest BCUT2D eigenvalue weighted by Crippen LogP contribution is -2.22. The van der Waals surface area contributed by atoms with Gasteiger partial charge in [0, 0.05) is 0 Å². The van der Waals surface area contributed by atoms with Crippen LogP contribution >= 0.6 is 0 Å². The van der Waals surface area contributed by atoms with Gasteiger partial charge in [0.15, 0.2) is 5.75 Å². The number of alkyl halides is 6. The Morgan fingerprint density at radius 2 is 1.79 bits per heavy atom. The molecule has 0 aliphatic heterocycles. The third kappa shape index (κ3) is 3.97. The summed E-state index contributed by atoms with van der Waals surface area (Å²) < 4.78 is 89.3. The molecule has 19 heavy (non-hydrogen) atoms. The van der Waals surface area contributed by atoms with E-state index in [1.807, 2.05) is 0 Å². The first-order chi connectivity index (χ1) is 8.54. The van der Waals surface area contributed by atoms with E-state index in [4.69, 9.17) is 5.26 Å². The Morgan fingerprint density at radius 1 is 1.21 bits per heavy atom. The van der Waals surface area contributed by atoms with Crippen molar-refractivity contribution in [3.63, 3.8) is 0 Å². The van der Waals surface area contributed by atoms with Crippen molar-refractivity contribution in [3.05, 3.63) is 23.3 Å². The van der Waals surface area contributed by atoms with Crippen LogP contribution in [0.15, 0.2) is 6.07 Å². The number of halogens is 7. The molecular formula is C9H3F7N2O. The summed E-state index contributed by atoms with van der Waals surface area (Å²) >= 11 is 0.